The van der Waals surface area contributed by atoms with Crippen molar-refractivity contribution in [1.29, 1.82) is 0 Å². The van der Waals surface area contributed by atoms with Gasteiger partial charge in [-0.25, -0.2) is 10.3 Å². The number of likely N-dealkylation sites (tertiary alicyclic amines) is 2. The Balaban J connectivity index is 1.32. The van der Waals surface area contributed by atoms with E-state index in [-0.39, 0.29) is 41.4 Å². The van der Waals surface area contributed by atoms with Crippen molar-refractivity contribution in [2.24, 2.45) is 0 Å². The normalized spacial score (nSPS) is 21.6. The first-order valence-corrected chi connectivity index (χ1v) is 13.3. The first-order valence-electron chi connectivity index (χ1n) is 13.3. The third-order valence-electron chi connectivity index (χ3n) is 8.18. The Labute approximate surface area is 220 Å². The standard InChI is InChI=1S/C27H34F3N5O3/c1-3-38-32-25(37)33-14-9-19(10-15-33)35-23(26(2)11-12-26)21(16-31-35)24(36)34-13-8-18(17-34)20-6-4-5-7-22(20)27(28,29)30/h4-7,16,18-19H,3,8-15,17H2,1-2H3,(H,32,37). The first-order chi connectivity index (χ1) is 18.1. The van der Waals surface area contributed by atoms with E-state index in [1.807, 2.05) is 4.68 Å². The Morgan fingerprint density at radius 1 is 1.11 bits per heavy atom. The summed E-state index contributed by atoms with van der Waals surface area (Å²) in [6, 6.07) is 5.46. The largest absolute Gasteiger partial charge is 0.416 e. The SMILES string of the molecule is CCONC(=O)N1CCC(n2ncc(C(=O)N3CCC(c4ccccc4C(F)(F)F)C3)c2C2(C)CC2)CC1. The Hall–Kier alpha value is -3.08. The number of hydroxylamine groups is 1. The van der Waals surface area contributed by atoms with Gasteiger partial charge < -0.3 is 9.80 Å². The van der Waals surface area contributed by atoms with E-state index in [2.05, 4.69) is 17.5 Å². The number of urea groups is 1. The summed E-state index contributed by atoms with van der Waals surface area (Å²) in [5.41, 5.74) is 3.37. The molecular weight excluding hydrogens is 499 g/mol. The molecule has 1 unspecified atom stereocenters. The van der Waals surface area contributed by atoms with E-state index in [9.17, 15) is 22.8 Å². The van der Waals surface area contributed by atoms with Gasteiger partial charge in [0.2, 0.25) is 0 Å². The molecule has 3 aliphatic rings. The topological polar surface area (TPSA) is 79.7 Å². The summed E-state index contributed by atoms with van der Waals surface area (Å²) in [5.74, 6) is -0.529. The van der Waals surface area contributed by atoms with Gasteiger partial charge in [0.05, 0.1) is 35.7 Å². The molecule has 3 heterocycles. The summed E-state index contributed by atoms with van der Waals surface area (Å²) in [6.07, 6.45) is 1.01. The van der Waals surface area contributed by atoms with E-state index in [0.717, 1.165) is 24.6 Å². The van der Waals surface area contributed by atoms with Gasteiger partial charge >= 0.3 is 12.2 Å². The van der Waals surface area contributed by atoms with Crippen LogP contribution < -0.4 is 5.48 Å². The van der Waals surface area contributed by atoms with Gasteiger partial charge in [-0.15, -0.1) is 0 Å². The first kappa shape index (κ1) is 26.5. The number of halogens is 3. The van der Waals surface area contributed by atoms with Crippen molar-refractivity contribution in [3.05, 3.63) is 52.8 Å². The van der Waals surface area contributed by atoms with Crippen LogP contribution in [0, 0.1) is 0 Å². The number of nitrogens with zero attached hydrogens (tertiary/aromatic N) is 4. The van der Waals surface area contributed by atoms with E-state index in [0.29, 0.717) is 51.1 Å². The number of hydrogen-bond donors (Lipinski definition) is 1. The van der Waals surface area contributed by atoms with Crippen LogP contribution in [-0.4, -0.2) is 64.3 Å². The van der Waals surface area contributed by atoms with Crippen LogP contribution in [-0.2, 0) is 16.4 Å². The maximum Gasteiger partial charge on any atom is 0.416 e. The molecule has 3 fully saturated rings. The van der Waals surface area contributed by atoms with Crippen molar-refractivity contribution in [2.45, 2.75) is 69.5 Å². The maximum atomic E-state index is 13.7. The average molecular weight is 534 g/mol. The average Bonchev–Trinajstić information content (AvgIpc) is 3.30. The summed E-state index contributed by atoms with van der Waals surface area (Å²) in [4.78, 5) is 34.4. The van der Waals surface area contributed by atoms with Crippen molar-refractivity contribution in [3.8, 4) is 0 Å². The monoisotopic (exact) mass is 533 g/mol. The minimum Gasteiger partial charge on any atom is -0.338 e. The molecule has 8 nitrogen and oxygen atoms in total. The predicted octanol–water partition coefficient (Wildman–Crippen LogP) is 4.88. The molecule has 1 aliphatic carbocycles. The summed E-state index contributed by atoms with van der Waals surface area (Å²) in [7, 11) is 0. The highest BCUT2D eigenvalue weighted by molar-refractivity contribution is 5.96. The number of rotatable bonds is 6. The molecule has 1 saturated carbocycles. The van der Waals surface area contributed by atoms with Gasteiger partial charge in [-0.1, -0.05) is 25.1 Å². The third-order valence-corrected chi connectivity index (χ3v) is 8.18. The summed E-state index contributed by atoms with van der Waals surface area (Å²) < 4.78 is 42.8. The van der Waals surface area contributed by atoms with E-state index in [1.54, 1.807) is 29.0 Å². The molecular formula is C27H34F3N5O3. The van der Waals surface area contributed by atoms with Crippen LogP contribution >= 0.6 is 0 Å². The molecule has 2 aliphatic heterocycles. The van der Waals surface area contributed by atoms with Crippen molar-refractivity contribution in [3.63, 3.8) is 0 Å². The zero-order valence-electron chi connectivity index (χ0n) is 21.8. The number of carbonyl (C=O) groups is 2. The molecule has 5 rings (SSSR count). The van der Waals surface area contributed by atoms with Crippen LogP contribution in [0.25, 0.3) is 0 Å². The molecule has 0 radical (unpaired) electrons. The summed E-state index contributed by atoms with van der Waals surface area (Å²) >= 11 is 0. The predicted molar refractivity (Wildman–Crippen MR) is 134 cm³/mol. The summed E-state index contributed by atoms with van der Waals surface area (Å²) in [6.45, 7) is 6.08. The molecule has 2 aromatic rings. The number of piperidine rings is 1. The lowest BCUT2D eigenvalue weighted by Gasteiger charge is -2.33. The van der Waals surface area contributed by atoms with Crippen LogP contribution in [0.2, 0.25) is 0 Å². The zero-order valence-corrected chi connectivity index (χ0v) is 21.8. The van der Waals surface area contributed by atoms with E-state index >= 15 is 0 Å². The van der Waals surface area contributed by atoms with Crippen LogP contribution in [0.3, 0.4) is 0 Å². The highest BCUT2D eigenvalue weighted by atomic mass is 19.4. The quantitative estimate of drug-likeness (QED) is 0.537. The van der Waals surface area contributed by atoms with Crippen molar-refractivity contribution >= 4 is 11.9 Å². The lowest BCUT2D eigenvalue weighted by Crippen LogP contribution is -2.45. The highest BCUT2D eigenvalue weighted by Crippen LogP contribution is 2.50. The Morgan fingerprint density at radius 2 is 1.79 bits per heavy atom. The molecule has 1 atom stereocenters. The number of aromatic nitrogens is 2. The second kappa shape index (κ2) is 10.2. The van der Waals surface area contributed by atoms with Gasteiger partial charge in [-0.2, -0.15) is 18.3 Å². The number of hydrogen-bond acceptors (Lipinski definition) is 4. The van der Waals surface area contributed by atoms with Crippen LogP contribution in [0.4, 0.5) is 18.0 Å². The van der Waals surface area contributed by atoms with Crippen LogP contribution in [0.5, 0.6) is 0 Å². The number of nitrogens with one attached hydrogen (secondary N) is 1. The van der Waals surface area contributed by atoms with E-state index < -0.39 is 11.7 Å². The van der Waals surface area contributed by atoms with Crippen molar-refractivity contribution in [1.82, 2.24) is 25.1 Å². The maximum absolute atomic E-state index is 13.7. The Kier molecular flexibility index (Phi) is 7.15. The molecule has 1 N–H and O–H groups in total. The van der Waals surface area contributed by atoms with Gasteiger partial charge in [-0.05, 0) is 50.7 Å². The number of carbonyl (C=O) groups excluding carboxylic acids is 2. The van der Waals surface area contributed by atoms with Crippen molar-refractivity contribution in [2.75, 3.05) is 32.8 Å². The minimum absolute atomic E-state index is 0.0603. The van der Waals surface area contributed by atoms with Gasteiger partial charge in [0.1, 0.15) is 0 Å². The molecule has 206 valence electrons. The summed E-state index contributed by atoms with van der Waals surface area (Å²) in [5, 5.41) is 4.66. The minimum atomic E-state index is -4.43. The Morgan fingerprint density at radius 3 is 2.45 bits per heavy atom. The molecule has 2 saturated heterocycles. The fraction of sp³-hybridized carbons (Fsp3) is 0.593. The molecule has 1 aromatic carbocycles. The van der Waals surface area contributed by atoms with Gasteiger partial charge in [0, 0.05) is 37.5 Å². The number of benzene rings is 1. The van der Waals surface area contributed by atoms with E-state index in [4.69, 9.17) is 4.84 Å². The van der Waals surface area contributed by atoms with Gasteiger partial charge in [0.25, 0.3) is 5.91 Å². The van der Waals surface area contributed by atoms with Gasteiger partial charge in [-0.3, -0.25) is 14.3 Å². The molecule has 38 heavy (non-hydrogen) atoms. The third kappa shape index (κ3) is 5.12. The Bertz CT molecular complexity index is 1180. The lowest BCUT2D eigenvalue weighted by molar-refractivity contribution is -0.138. The fourth-order valence-corrected chi connectivity index (χ4v) is 5.81. The molecule has 3 amide bonds. The number of amides is 3. The molecule has 0 spiro atoms. The molecule has 0 bridgehead atoms. The molecule has 1 aromatic heterocycles. The second-order valence-electron chi connectivity index (χ2n) is 10.8. The highest BCUT2D eigenvalue weighted by Gasteiger charge is 2.47. The van der Waals surface area contributed by atoms with Crippen LogP contribution in [0.15, 0.2) is 30.5 Å². The zero-order chi connectivity index (χ0) is 27.1. The van der Waals surface area contributed by atoms with Crippen molar-refractivity contribution < 1.29 is 27.6 Å². The van der Waals surface area contributed by atoms with Crippen LogP contribution in [0.1, 0.15) is 85.1 Å². The number of alkyl halides is 3. The second-order valence-corrected chi connectivity index (χ2v) is 10.8. The van der Waals surface area contributed by atoms with E-state index in [1.165, 1.54) is 12.1 Å². The lowest BCUT2D eigenvalue weighted by atomic mass is 9.93. The fourth-order valence-electron chi connectivity index (χ4n) is 5.81. The smallest absolute Gasteiger partial charge is 0.338 e. The molecule has 11 heteroatoms. The van der Waals surface area contributed by atoms with Gasteiger partial charge in [0.15, 0.2) is 0 Å².